The van der Waals surface area contributed by atoms with E-state index in [1.807, 2.05) is 42.5 Å². The van der Waals surface area contributed by atoms with Gasteiger partial charge in [0.05, 0.1) is 23.0 Å². The number of allylic oxidation sites excluding steroid dienone is 2. The van der Waals surface area contributed by atoms with Gasteiger partial charge in [-0.15, -0.1) is 11.3 Å². The molecule has 40 heavy (non-hydrogen) atoms. The Morgan fingerprint density at radius 2 is 1.77 bits per heavy atom. The number of carboxylic acid groups (broad SMARTS) is 1. The summed E-state index contributed by atoms with van der Waals surface area (Å²) >= 11 is 13.5. The maximum Gasteiger partial charge on any atom is 0.345 e. The smallest absolute Gasteiger partial charge is 0.345 e. The average Bonchev–Trinajstić information content (AvgIpc) is 3.68. The number of hydrogen-bond donors (Lipinski definition) is 5. The zero-order valence-electron chi connectivity index (χ0n) is 21.9. The summed E-state index contributed by atoms with van der Waals surface area (Å²) in [5, 5.41) is 11.3. The van der Waals surface area contributed by atoms with Crippen LogP contribution in [0.2, 0.25) is 0 Å². The minimum absolute atomic E-state index is 0.0623. The number of carbonyl (C=O) groups excluding carboxylic acids is 1. The number of halogens is 3. The summed E-state index contributed by atoms with van der Waals surface area (Å²) in [6.07, 6.45) is 3.99. The van der Waals surface area contributed by atoms with Crippen molar-refractivity contribution in [1.82, 2.24) is 4.98 Å². The van der Waals surface area contributed by atoms with Gasteiger partial charge in [0, 0.05) is 50.3 Å². The molecule has 0 saturated carbocycles. The highest BCUT2D eigenvalue weighted by Gasteiger charge is 2.09. The van der Waals surface area contributed by atoms with Crippen LogP contribution in [0.25, 0.3) is 21.0 Å². The third kappa shape index (κ3) is 10.7. The first-order valence-corrected chi connectivity index (χ1v) is 14.8. The molecule has 1 aliphatic rings. The van der Waals surface area contributed by atoms with E-state index in [-0.39, 0.29) is 5.78 Å². The zero-order valence-corrected chi connectivity index (χ0v) is 26.7. The summed E-state index contributed by atoms with van der Waals surface area (Å²) in [5.41, 5.74) is 17.8. The molecule has 8 N–H and O–H groups in total. The van der Waals surface area contributed by atoms with E-state index in [0.717, 1.165) is 49.6 Å². The number of H-pyrrole nitrogens is 1. The summed E-state index contributed by atoms with van der Waals surface area (Å²) < 4.78 is 7.91. The molecule has 1 atom stereocenters. The number of aromatic nitrogens is 1. The molecule has 4 aromatic rings. The van der Waals surface area contributed by atoms with Crippen LogP contribution in [-0.2, 0) is 4.74 Å². The molecule has 214 valence electrons. The predicted molar refractivity (Wildman–Crippen MR) is 172 cm³/mol. The molecule has 0 radical (unpaired) electrons. The Balaban J connectivity index is 0.000000196. The second kappa shape index (κ2) is 16.6. The van der Waals surface area contributed by atoms with Crippen molar-refractivity contribution < 1.29 is 19.4 Å². The molecule has 2 aromatic carbocycles. The van der Waals surface area contributed by atoms with Gasteiger partial charge in [-0.3, -0.25) is 4.79 Å². The maximum absolute atomic E-state index is 11.1. The van der Waals surface area contributed by atoms with E-state index in [1.165, 1.54) is 17.5 Å². The van der Waals surface area contributed by atoms with Crippen LogP contribution in [0.5, 0.6) is 0 Å². The van der Waals surface area contributed by atoms with Gasteiger partial charge in [-0.25, -0.2) is 4.79 Å². The molecule has 1 fully saturated rings. The van der Waals surface area contributed by atoms with Crippen LogP contribution in [0.1, 0.15) is 40.4 Å². The van der Waals surface area contributed by atoms with Crippen molar-refractivity contribution in [2.45, 2.75) is 26.3 Å². The van der Waals surface area contributed by atoms with Gasteiger partial charge in [0.2, 0.25) is 0 Å². The molecule has 5 rings (SSSR count). The van der Waals surface area contributed by atoms with E-state index >= 15 is 0 Å². The number of rotatable bonds is 3. The van der Waals surface area contributed by atoms with Crippen LogP contribution in [0, 0.1) is 0 Å². The standard InChI is InChI=1S/C10H8BrNO.C9H5BrO2S.C5H9ClN2.C4H9NO/c1-6(13)9-4-7-2-3-8(11)5-10(7)12-9;10-6-2-1-5-3-8(9(11)12)13-7(5)4-6;1-2-4(6)5(8)3-7;5-4-1-2-6-3-4/h2-5,12H,1H3;1-4H,(H,11,12);2-3H,7-8H2,1H3;4H,1-3,5H2/b;;4-2+,5-3+;. The quantitative estimate of drug-likeness (QED) is 0.112. The highest BCUT2D eigenvalue weighted by atomic mass is 79.9. The molecule has 1 saturated heterocycles. The Labute approximate surface area is 258 Å². The Morgan fingerprint density at radius 1 is 1.12 bits per heavy atom. The SMILES string of the molecule is C/C=C(Cl)\C(N)=C/N.CC(=O)c1cc2ccc(Br)cc2[nH]1.NC1CCOC1.O=C(O)c1cc2ccc(Br)cc2s1. The fourth-order valence-corrected chi connectivity index (χ4v) is 5.08. The minimum atomic E-state index is -0.864. The number of hydrogen-bond acceptors (Lipinski definition) is 7. The van der Waals surface area contributed by atoms with E-state index in [1.54, 1.807) is 26.0 Å². The highest BCUT2D eigenvalue weighted by molar-refractivity contribution is 9.10. The van der Waals surface area contributed by atoms with Gasteiger partial charge in [-0.2, -0.15) is 0 Å². The predicted octanol–water partition coefficient (Wildman–Crippen LogP) is 7.12. The number of benzene rings is 2. The fraction of sp³-hybridized carbons (Fsp3) is 0.214. The maximum atomic E-state index is 11.1. The highest BCUT2D eigenvalue weighted by Crippen LogP contribution is 2.28. The van der Waals surface area contributed by atoms with Gasteiger partial charge in [-0.05, 0) is 55.1 Å². The summed E-state index contributed by atoms with van der Waals surface area (Å²) in [6, 6.07) is 15.5. The van der Waals surface area contributed by atoms with Crippen molar-refractivity contribution in [2.24, 2.45) is 17.2 Å². The van der Waals surface area contributed by atoms with Crippen molar-refractivity contribution in [3.8, 4) is 0 Å². The summed E-state index contributed by atoms with van der Waals surface area (Å²) in [4.78, 5) is 25.1. The van der Waals surface area contributed by atoms with E-state index in [2.05, 4.69) is 36.8 Å². The molecule has 0 amide bonds. The number of nitrogens with one attached hydrogen (secondary N) is 1. The fourth-order valence-electron chi connectivity index (χ4n) is 3.20. The van der Waals surface area contributed by atoms with E-state index in [0.29, 0.717) is 27.3 Å². The van der Waals surface area contributed by atoms with Gasteiger partial charge in [0.1, 0.15) is 4.88 Å². The number of nitrogens with two attached hydrogens (primary N) is 3. The first-order chi connectivity index (χ1) is 18.9. The monoisotopic (exact) mass is 712 g/mol. The molecular formula is C28H31Br2ClN4O4S. The number of aromatic carboxylic acids is 1. The molecule has 0 bridgehead atoms. The molecule has 8 nitrogen and oxygen atoms in total. The lowest BCUT2D eigenvalue weighted by Crippen LogP contribution is -2.18. The number of ether oxygens (including phenoxy) is 1. The Kier molecular flexibility index (Phi) is 13.9. The summed E-state index contributed by atoms with van der Waals surface area (Å²) in [7, 11) is 0. The second-order valence-corrected chi connectivity index (χ2v) is 11.8. The molecule has 0 aliphatic carbocycles. The molecule has 1 unspecified atom stereocenters. The van der Waals surface area contributed by atoms with Crippen molar-refractivity contribution in [3.63, 3.8) is 0 Å². The van der Waals surface area contributed by atoms with Crippen molar-refractivity contribution >= 4 is 87.5 Å². The zero-order chi connectivity index (χ0) is 29.8. The molecule has 0 spiro atoms. The van der Waals surface area contributed by atoms with Crippen LogP contribution in [0.3, 0.4) is 0 Å². The van der Waals surface area contributed by atoms with Crippen molar-refractivity contribution in [1.29, 1.82) is 0 Å². The number of fused-ring (bicyclic) bond motifs is 2. The summed E-state index contributed by atoms with van der Waals surface area (Å²) in [6.45, 7) is 4.97. The topological polar surface area (TPSA) is 157 Å². The second-order valence-electron chi connectivity index (χ2n) is 8.45. The van der Waals surface area contributed by atoms with Gasteiger partial charge in [0.25, 0.3) is 0 Å². The van der Waals surface area contributed by atoms with E-state index in [9.17, 15) is 9.59 Å². The van der Waals surface area contributed by atoms with Crippen LogP contribution < -0.4 is 17.2 Å². The Morgan fingerprint density at radius 3 is 2.25 bits per heavy atom. The van der Waals surface area contributed by atoms with Gasteiger partial charge in [-0.1, -0.05) is 61.7 Å². The number of ketones is 1. The number of thiophene rings is 1. The number of carbonyl (C=O) groups is 2. The Bertz CT molecular complexity index is 1400. The lowest BCUT2D eigenvalue weighted by atomic mass is 10.2. The minimum Gasteiger partial charge on any atom is -0.477 e. The largest absolute Gasteiger partial charge is 0.477 e. The first-order valence-electron chi connectivity index (χ1n) is 12.0. The lowest BCUT2D eigenvalue weighted by molar-refractivity contribution is 0.0702. The van der Waals surface area contributed by atoms with Gasteiger partial charge < -0.3 is 32.0 Å². The normalized spacial score (nSPS) is 14.9. The van der Waals surface area contributed by atoms with Crippen molar-refractivity contribution in [2.75, 3.05) is 13.2 Å². The number of aromatic amines is 1. The third-order valence-corrected chi connectivity index (χ3v) is 7.84. The van der Waals surface area contributed by atoms with Crippen LogP contribution in [0.4, 0.5) is 0 Å². The van der Waals surface area contributed by atoms with Gasteiger partial charge >= 0.3 is 5.97 Å². The molecule has 12 heteroatoms. The number of Topliss-reactive ketones (excluding diaryl/α,β-unsaturated/α-hetero) is 1. The third-order valence-electron chi connectivity index (χ3n) is 5.33. The van der Waals surface area contributed by atoms with E-state index in [4.69, 9.17) is 38.6 Å². The summed E-state index contributed by atoms with van der Waals surface area (Å²) in [5.74, 6) is -0.801. The van der Waals surface area contributed by atoms with Crippen LogP contribution in [-0.4, -0.2) is 41.1 Å². The van der Waals surface area contributed by atoms with Crippen molar-refractivity contribution in [3.05, 3.63) is 91.1 Å². The van der Waals surface area contributed by atoms with E-state index < -0.39 is 5.97 Å². The lowest BCUT2D eigenvalue weighted by Gasteiger charge is -1.92. The first kappa shape index (κ1) is 33.5. The molecular weight excluding hydrogens is 684 g/mol. The molecule has 3 heterocycles. The van der Waals surface area contributed by atoms with Gasteiger partial charge in [0.15, 0.2) is 5.78 Å². The molecule has 1 aliphatic heterocycles. The van der Waals surface area contributed by atoms with Crippen LogP contribution >= 0.6 is 54.8 Å². The van der Waals surface area contributed by atoms with Crippen LogP contribution in [0.15, 0.2) is 80.5 Å². The number of carboxylic acids is 1. The molecule has 2 aromatic heterocycles. The Hall–Kier alpha value is -2.67. The average molecular weight is 715 g/mol.